The summed E-state index contributed by atoms with van der Waals surface area (Å²) in [5, 5.41) is 16.2. The van der Waals surface area contributed by atoms with E-state index in [1.807, 2.05) is 0 Å². The average Bonchev–Trinajstić information content (AvgIpc) is 2.66. The lowest BCUT2D eigenvalue weighted by Crippen LogP contribution is -2.00. The zero-order valence-corrected chi connectivity index (χ0v) is 7.75. The molecule has 76 valence electrons. The maximum Gasteiger partial charge on any atom is 0.307 e. The standard InChI is InChI=1S/C10H8N2O3/c13-9(14)6-7-3-5-15-10(7)8-2-1-4-11-12-8/h1-5H,6H2,(H,13,14). The van der Waals surface area contributed by atoms with Crippen LogP contribution in [-0.4, -0.2) is 21.3 Å². The van der Waals surface area contributed by atoms with Crippen LogP contribution in [0.25, 0.3) is 11.5 Å². The van der Waals surface area contributed by atoms with Crippen molar-refractivity contribution < 1.29 is 14.3 Å². The number of carboxylic acids is 1. The van der Waals surface area contributed by atoms with Crippen molar-refractivity contribution in [1.82, 2.24) is 10.2 Å². The molecule has 15 heavy (non-hydrogen) atoms. The molecule has 0 unspecified atom stereocenters. The molecule has 0 amide bonds. The molecule has 5 heteroatoms. The third-order valence-electron chi connectivity index (χ3n) is 1.89. The highest BCUT2D eigenvalue weighted by atomic mass is 16.4. The van der Waals surface area contributed by atoms with E-state index in [1.54, 1.807) is 24.4 Å². The maximum absolute atomic E-state index is 10.6. The Balaban J connectivity index is 2.37. The van der Waals surface area contributed by atoms with Gasteiger partial charge in [0.15, 0.2) is 5.76 Å². The van der Waals surface area contributed by atoms with E-state index >= 15 is 0 Å². The fourth-order valence-electron chi connectivity index (χ4n) is 1.29. The molecule has 0 aliphatic rings. The van der Waals surface area contributed by atoms with Gasteiger partial charge in [-0.1, -0.05) is 0 Å². The van der Waals surface area contributed by atoms with E-state index in [9.17, 15) is 4.79 Å². The van der Waals surface area contributed by atoms with E-state index in [-0.39, 0.29) is 6.42 Å². The van der Waals surface area contributed by atoms with Gasteiger partial charge in [-0.15, -0.1) is 5.10 Å². The molecule has 2 heterocycles. The summed E-state index contributed by atoms with van der Waals surface area (Å²) in [6.07, 6.45) is 2.91. The molecule has 0 aliphatic carbocycles. The lowest BCUT2D eigenvalue weighted by molar-refractivity contribution is -0.136. The number of carboxylic acid groups (broad SMARTS) is 1. The van der Waals surface area contributed by atoms with E-state index in [0.717, 1.165) is 0 Å². The quantitative estimate of drug-likeness (QED) is 0.816. The summed E-state index contributed by atoms with van der Waals surface area (Å²) in [6.45, 7) is 0. The summed E-state index contributed by atoms with van der Waals surface area (Å²) in [7, 11) is 0. The number of carbonyl (C=O) groups is 1. The lowest BCUT2D eigenvalue weighted by atomic mass is 10.1. The molecule has 0 radical (unpaired) electrons. The van der Waals surface area contributed by atoms with Crippen LogP contribution in [0.2, 0.25) is 0 Å². The van der Waals surface area contributed by atoms with E-state index < -0.39 is 5.97 Å². The van der Waals surface area contributed by atoms with Crippen LogP contribution in [0.1, 0.15) is 5.56 Å². The monoisotopic (exact) mass is 204 g/mol. The Morgan fingerprint density at radius 3 is 3.00 bits per heavy atom. The van der Waals surface area contributed by atoms with Crippen molar-refractivity contribution in [2.75, 3.05) is 0 Å². The van der Waals surface area contributed by atoms with Crippen molar-refractivity contribution in [2.45, 2.75) is 6.42 Å². The fraction of sp³-hybridized carbons (Fsp3) is 0.100. The van der Waals surface area contributed by atoms with Gasteiger partial charge in [0.05, 0.1) is 12.7 Å². The zero-order chi connectivity index (χ0) is 10.7. The Hall–Kier alpha value is -2.17. The molecule has 0 fully saturated rings. The lowest BCUT2D eigenvalue weighted by Gasteiger charge is -1.97. The molecular formula is C10H8N2O3. The Morgan fingerprint density at radius 1 is 1.47 bits per heavy atom. The van der Waals surface area contributed by atoms with E-state index in [1.165, 1.54) is 6.26 Å². The maximum atomic E-state index is 10.6. The van der Waals surface area contributed by atoms with Crippen LogP contribution in [0, 0.1) is 0 Å². The van der Waals surface area contributed by atoms with Crippen LogP contribution >= 0.6 is 0 Å². The zero-order valence-electron chi connectivity index (χ0n) is 7.75. The highest BCUT2D eigenvalue weighted by Crippen LogP contribution is 2.22. The van der Waals surface area contributed by atoms with E-state index in [4.69, 9.17) is 9.52 Å². The van der Waals surface area contributed by atoms with Gasteiger partial charge in [-0.05, 0) is 18.2 Å². The molecule has 5 nitrogen and oxygen atoms in total. The summed E-state index contributed by atoms with van der Waals surface area (Å²) < 4.78 is 5.19. The van der Waals surface area contributed by atoms with Gasteiger partial charge in [0, 0.05) is 11.8 Å². The van der Waals surface area contributed by atoms with Crippen LogP contribution in [0.3, 0.4) is 0 Å². The normalized spacial score (nSPS) is 10.1. The van der Waals surface area contributed by atoms with Gasteiger partial charge in [-0.25, -0.2) is 0 Å². The Morgan fingerprint density at radius 2 is 2.33 bits per heavy atom. The second kappa shape index (κ2) is 3.91. The summed E-state index contributed by atoms with van der Waals surface area (Å²) >= 11 is 0. The first-order valence-electron chi connectivity index (χ1n) is 4.33. The Kier molecular flexibility index (Phi) is 2.45. The van der Waals surface area contributed by atoms with Crippen LogP contribution in [0.15, 0.2) is 35.1 Å². The van der Waals surface area contributed by atoms with Gasteiger partial charge in [0.2, 0.25) is 0 Å². The number of hydrogen-bond acceptors (Lipinski definition) is 4. The molecule has 2 aromatic heterocycles. The van der Waals surface area contributed by atoms with Crippen molar-refractivity contribution in [3.8, 4) is 11.5 Å². The van der Waals surface area contributed by atoms with E-state index in [0.29, 0.717) is 17.0 Å². The van der Waals surface area contributed by atoms with Gasteiger partial charge in [0.25, 0.3) is 0 Å². The van der Waals surface area contributed by atoms with Crippen molar-refractivity contribution in [2.24, 2.45) is 0 Å². The second-order valence-electron chi connectivity index (χ2n) is 2.95. The van der Waals surface area contributed by atoms with Gasteiger partial charge in [-0.3, -0.25) is 4.79 Å². The molecule has 0 atom stereocenters. The van der Waals surface area contributed by atoms with Gasteiger partial charge in [-0.2, -0.15) is 5.10 Å². The molecule has 0 saturated heterocycles. The predicted octanol–water partition coefficient (Wildman–Crippen LogP) is 1.36. The van der Waals surface area contributed by atoms with Crippen molar-refractivity contribution in [3.63, 3.8) is 0 Å². The van der Waals surface area contributed by atoms with Crippen molar-refractivity contribution in [3.05, 3.63) is 36.2 Å². The molecule has 0 aromatic carbocycles. The molecule has 0 saturated carbocycles. The van der Waals surface area contributed by atoms with Gasteiger partial charge >= 0.3 is 5.97 Å². The molecule has 1 N–H and O–H groups in total. The van der Waals surface area contributed by atoms with E-state index in [2.05, 4.69) is 10.2 Å². The average molecular weight is 204 g/mol. The van der Waals surface area contributed by atoms with Gasteiger partial charge in [0.1, 0.15) is 5.69 Å². The SMILES string of the molecule is O=C(O)Cc1ccoc1-c1cccnn1. The number of rotatable bonds is 3. The summed E-state index contributed by atoms with van der Waals surface area (Å²) in [6, 6.07) is 5.06. The molecule has 0 aliphatic heterocycles. The smallest absolute Gasteiger partial charge is 0.307 e. The van der Waals surface area contributed by atoms with Crippen molar-refractivity contribution in [1.29, 1.82) is 0 Å². The predicted molar refractivity (Wildman–Crippen MR) is 51.1 cm³/mol. The topological polar surface area (TPSA) is 76.2 Å². The van der Waals surface area contributed by atoms with Gasteiger partial charge < -0.3 is 9.52 Å². The third-order valence-corrected chi connectivity index (χ3v) is 1.89. The number of nitrogens with zero attached hydrogens (tertiary/aromatic N) is 2. The summed E-state index contributed by atoms with van der Waals surface area (Å²) in [5.74, 6) is -0.438. The summed E-state index contributed by atoms with van der Waals surface area (Å²) in [5.41, 5.74) is 1.14. The Bertz CT molecular complexity index is 465. The number of aliphatic carboxylic acids is 1. The Labute approximate surface area is 85.4 Å². The second-order valence-corrected chi connectivity index (χ2v) is 2.95. The largest absolute Gasteiger partial charge is 0.481 e. The van der Waals surface area contributed by atoms with Crippen LogP contribution in [0.4, 0.5) is 0 Å². The van der Waals surface area contributed by atoms with Crippen LogP contribution in [-0.2, 0) is 11.2 Å². The van der Waals surface area contributed by atoms with Crippen LogP contribution in [0.5, 0.6) is 0 Å². The number of furan rings is 1. The van der Waals surface area contributed by atoms with Crippen molar-refractivity contribution >= 4 is 5.97 Å². The van der Waals surface area contributed by atoms with Crippen LogP contribution < -0.4 is 0 Å². The molecule has 0 bridgehead atoms. The molecular weight excluding hydrogens is 196 g/mol. The highest BCUT2D eigenvalue weighted by molar-refractivity contribution is 5.73. The molecule has 0 spiro atoms. The first kappa shape index (κ1) is 9.39. The number of aromatic nitrogens is 2. The first-order chi connectivity index (χ1) is 7.27. The number of hydrogen-bond donors (Lipinski definition) is 1. The first-order valence-corrected chi connectivity index (χ1v) is 4.33. The summed E-state index contributed by atoms with van der Waals surface area (Å²) in [4.78, 5) is 10.6. The third kappa shape index (κ3) is 2.01. The highest BCUT2D eigenvalue weighted by Gasteiger charge is 2.12. The minimum absolute atomic E-state index is 0.0809. The molecule has 2 aromatic rings. The minimum Gasteiger partial charge on any atom is -0.481 e. The molecule has 2 rings (SSSR count). The minimum atomic E-state index is -0.901. The fourth-order valence-corrected chi connectivity index (χ4v) is 1.29.